The fraction of sp³-hybridized carbons (Fsp3) is 0.389. The molecule has 1 aliphatic heterocycles. The summed E-state index contributed by atoms with van der Waals surface area (Å²) in [6.07, 6.45) is 2.25. The molecule has 1 N–H and O–H groups in total. The Bertz CT molecular complexity index is 644. The standard InChI is InChI=1S/C18H21FN2OS/c19-17-8-2-1-7-16(17)18(22)20-11-14-5-3-9-21(12-14)13-15-6-4-10-23-15/h1-2,4,6-8,10,14H,3,5,9,11-13H2,(H,20,22)/t14-/m1/s1. The summed E-state index contributed by atoms with van der Waals surface area (Å²) in [4.78, 5) is 15.9. The predicted octanol–water partition coefficient (Wildman–Crippen LogP) is 3.53. The summed E-state index contributed by atoms with van der Waals surface area (Å²) in [5.74, 6) is -0.356. The number of halogens is 1. The van der Waals surface area contributed by atoms with Crippen molar-refractivity contribution in [3.63, 3.8) is 0 Å². The molecule has 0 bridgehead atoms. The lowest BCUT2D eigenvalue weighted by molar-refractivity contribution is 0.0927. The number of piperidine rings is 1. The Hall–Kier alpha value is -1.72. The van der Waals surface area contributed by atoms with Gasteiger partial charge >= 0.3 is 0 Å². The summed E-state index contributed by atoms with van der Waals surface area (Å²) in [6, 6.07) is 10.4. The van der Waals surface area contributed by atoms with E-state index in [1.54, 1.807) is 23.5 Å². The zero-order chi connectivity index (χ0) is 16.1. The van der Waals surface area contributed by atoms with Crippen LogP contribution in [0.4, 0.5) is 4.39 Å². The van der Waals surface area contributed by atoms with E-state index in [1.807, 2.05) is 0 Å². The molecule has 1 atom stereocenters. The molecule has 5 heteroatoms. The van der Waals surface area contributed by atoms with Gasteiger partial charge in [0, 0.05) is 24.5 Å². The van der Waals surface area contributed by atoms with Crippen molar-refractivity contribution in [1.29, 1.82) is 0 Å². The van der Waals surface area contributed by atoms with Crippen molar-refractivity contribution in [3.8, 4) is 0 Å². The number of nitrogens with zero attached hydrogens (tertiary/aromatic N) is 1. The highest BCUT2D eigenvalue weighted by Gasteiger charge is 2.21. The molecular weight excluding hydrogens is 311 g/mol. The first-order valence-corrected chi connectivity index (χ1v) is 8.88. The van der Waals surface area contributed by atoms with Gasteiger partial charge in [0.2, 0.25) is 0 Å². The van der Waals surface area contributed by atoms with Crippen LogP contribution in [0.2, 0.25) is 0 Å². The van der Waals surface area contributed by atoms with Crippen molar-refractivity contribution in [2.45, 2.75) is 19.4 Å². The van der Waals surface area contributed by atoms with Crippen molar-refractivity contribution >= 4 is 17.2 Å². The lowest BCUT2D eigenvalue weighted by Crippen LogP contribution is -2.40. The lowest BCUT2D eigenvalue weighted by Gasteiger charge is -2.32. The van der Waals surface area contributed by atoms with Gasteiger partial charge in [-0.15, -0.1) is 11.3 Å². The van der Waals surface area contributed by atoms with Crippen LogP contribution >= 0.6 is 11.3 Å². The van der Waals surface area contributed by atoms with Gasteiger partial charge in [0.05, 0.1) is 5.56 Å². The van der Waals surface area contributed by atoms with Crippen LogP contribution in [-0.4, -0.2) is 30.4 Å². The number of carbonyl (C=O) groups is 1. The molecule has 0 saturated carbocycles. The maximum Gasteiger partial charge on any atom is 0.254 e. The molecule has 1 aromatic carbocycles. The third-order valence-corrected chi connectivity index (χ3v) is 5.09. The molecule has 0 radical (unpaired) electrons. The highest BCUT2D eigenvalue weighted by atomic mass is 32.1. The first-order chi connectivity index (χ1) is 11.2. The third-order valence-electron chi connectivity index (χ3n) is 4.23. The Kier molecular flexibility index (Phi) is 5.41. The number of nitrogens with one attached hydrogen (secondary N) is 1. The Labute approximate surface area is 140 Å². The largest absolute Gasteiger partial charge is 0.352 e. The number of rotatable bonds is 5. The number of thiophene rings is 1. The van der Waals surface area contributed by atoms with Crippen LogP contribution in [0.25, 0.3) is 0 Å². The molecule has 2 aromatic rings. The number of amides is 1. The van der Waals surface area contributed by atoms with Crippen LogP contribution in [0, 0.1) is 11.7 Å². The second-order valence-electron chi connectivity index (χ2n) is 6.01. The van der Waals surface area contributed by atoms with Gasteiger partial charge in [-0.05, 0) is 48.9 Å². The minimum absolute atomic E-state index is 0.124. The number of hydrogen-bond acceptors (Lipinski definition) is 3. The average molecular weight is 332 g/mol. The molecule has 122 valence electrons. The Balaban J connectivity index is 1.50. The fourth-order valence-electron chi connectivity index (χ4n) is 3.06. The van der Waals surface area contributed by atoms with Gasteiger partial charge in [0.1, 0.15) is 5.82 Å². The van der Waals surface area contributed by atoms with E-state index in [9.17, 15) is 9.18 Å². The zero-order valence-electron chi connectivity index (χ0n) is 13.0. The number of carbonyl (C=O) groups excluding carboxylic acids is 1. The second kappa shape index (κ2) is 7.70. The van der Waals surface area contributed by atoms with Crippen molar-refractivity contribution in [1.82, 2.24) is 10.2 Å². The second-order valence-corrected chi connectivity index (χ2v) is 7.04. The summed E-state index contributed by atoms with van der Waals surface area (Å²) in [5, 5.41) is 4.99. The number of benzene rings is 1. The van der Waals surface area contributed by atoms with Crippen LogP contribution in [-0.2, 0) is 6.54 Å². The van der Waals surface area contributed by atoms with Gasteiger partial charge in [-0.2, -0.15) is 0 Å². The third kappa shape index (κ3) is 4.39. The highest BCUT2D eigenvalue weighted by molar-refractivity contribution is 7.09. The van der Waals surface area contributed by atoms with Crippen molar-refractivity contribution in [3.05, 3.63) is 58.0 Å². The normalized spacial score (nSPS) is 18.7. The molecule has 1 aliphatic rings. The van der Waals surface area contributed by atoms with Gasteiger partial charge < -0.3 is 5.32 Å². The maximum absolute atomic E-state index is 13.6. The number of likely N-dealkylation sites (tertiary alicyclic amines) is 1. The summed E-state index contributed by atoms with van der Waals surface area (Å²) >= 11 is 1.78. The predicted molar refractivity (Wildman–Crippen MR) is 91.1 cm³/mol. The smallest absolute Gasteiger partial charge is 0.254 e. The van der Waals surface area contributed by atoms with Crippen LogP contribution in [0.15, 0.2) is 41.8 Å². The zero-order valence-corrected chi connectivity index (χ0v) is 13.8. The van der Waals surface area contributed by atoms with E-state index in [0.717, 1.165) is 32.5 Å². The minimum Gasteiger partial charge on any atom is -0.352 e. The van der Waals surface area contributed by atoms with Crippen molar-refractivity contribution in [2.75, 3.05) is 19.6 Å². The highest BCUT2D eigenvalue weighted by Crippen LogP contribution is 2.20. The van der Waals surface area contributed by atoms with Gasteiger partial charge in [0.15, 0.2) is 0 Å². The molecule has 3 rings (SSSR count). The molecule has 0 aliphatic carbocycles. The molecule has 3 nitrogen and oxygen atoms in total. The Morgan fingerprint density at radius 3 is 2.96 bits per heavy atom. The molecular formula is C18H21FN2OS. The molecule has 1 amide bonds. The molecule has 0 spiro atoms. The first kappa shape index (κ1) is 16.1. The molecule has 23 heavy (non-hydrogen) atoms. The minimum atomic E-state index is -0.465. The van der Waals surface area contributed by atoms with Crippen LogP contribution in [0.3, 0.4) is 0 Å². The molecule has 1 saturated heterocycles. The molecule has 2 heterocycles. The van der Waals surface area contributed by atoms with E-state index >= 15 is 0 Å². The topological polar surface area (TPSA) is 32.3 Å². The molecule has 1 fully saturated rings. The lowest BCUT2D eigenvalue weighted by atomic mass is 9.98. The molecule has 1 aromatic heterocycles. The average Bonchev–Trinajstić information content (AvgIpc) is 3.06. The van der Waals surface area contributed by atoms with Crippen LogP contribution in [0.1, 0.15) is 28.1 Å². The Morgan fingerprint density at radius 2 is 2.17 bits per heavy atom. The van der Waals surface area contributed by atoms with E-state index in [2.05, 4.69) is 27.7 Å². The van der Waals surface area contributed by atoms with E-state index in [4.69, 9.17) is 0 Å². The monoisotopic (exact) mass is 332 g/mol. The first-order valence-electron chi connectivity index (χ1n) is 8.00. The SMILES string of the molecule is O=C(NC[C@H]1CCCN(Cc2cccs2)C1)c1ccccc1F. The van der Waals surface area contributed by atoms with Crippen molar-refractivity contribution in [2.24, 2.45) is 5.92 Å². The summed E-state index contributed by atoms with van der Waals surface area (Å²) in [5.41, 5.74) is 0.124. The van der Waals surface area contributed by atoms with Crippen molar-refractivity contribution < 1.29 is 9.18 Å². The molecule has 0 unspecified atom stereocenters. The van der Waals surface area contributed by atoms with Gasteiger partial charge in [-0.25, -0.2) is 4.39 Å². The Morgan fingerprint density at radius 1 is 1.30 bits per heavy atom. The van der Waals surface area contributed by atoms with Gasteiger partial charge in [0.25, 0.3) is 5.91 Å². The van der Waals surface area contributed by atoms with Gasteiger partial charge in [-0.1, -0.05) is 18.2 Å². The van der Waals surface area contributed by atoms with E-state index in [-0.39, 0.29) is 11.5 Å². The quantitative estimate of drug-likeness (QED) is 0.908. The number of hydrogen-bond donors (Lipinski definition) is 1. The summed E-state index contributed by atoms with van der Waals surface area (Å²) in [6.45, 7) is 3.68. The van der Waals surface area contributed by atoms with Gasteiger partial charge in [-0.3, -0.25) is 9.69 Å². The van der Waals surface area contributed by atoms with E-state index in [1.165, 1.54) is 17.0 Å². The summed E-state index contributed by atoms with van der Waals surface area (Å²) < 4.78 is 13.6. The van der Waals surface area contributed by atoms with E-state index < -0.39 is 5.82 Å². The summed E-state index contributed by atoms with van der Waals surface area (Å²) in [7, 11) is 0. The van der Waals surface area contributed by atoms with Crippen LogP contribution in [0.5, 0.6) is 0 Å². The van der Waals surface area contributed by atoms with E-state index in [0.29, 0.717) is 12.5 Å². The maximum atomic E-state index is 13.6. The fourth-order valence-corrected chi connectivity index (χ4v) is 3.81. The van der Waals surface area contributed by atoms with Crippen LogP contribution < -0.4 is 5.32 Å².